The summed E-state index contributed by atoms with van der Waals surface area (Å²) in [5.41, 5.74) is 0.169. The molecule has 3 heterocycles. The molecular formula is C21H22ClF3N6S. The first kappa shape index (κ1) is 23.9. The number of rotatable bonds is 7. The van der Waals surface area contributed by atoms with Gasteiger partial charge in [0, 0.05) is 30.3 Å². The number of halogens is 4. The minimum Gasteiger partial charge on any atom is -0.369 e. The third kappa shape index (κ3) is 6.64. The van der Waals surface area contributed by atoms with Crippen molar-refractivity contribution >= 4 is 46.6 Å². The van der Waals surface area contributed by atoms with E-state index in [0.29, 0.717) is 5.82 Å². The van der Waals surface area contributed by atoms with Gasteiger partial charge in [-0.2, -0.15) is 29.9 Å². The molecule has 2 aromatic heterocycles. The number of hydrogen-bond acceptors (Lipinski definition) is 7. The van der Waals surface area contributed by atoms with E-state index in [1.165, 1.54) is 12.3 Å². The van der Waals surface area contributed by atoms with Crippen LogP contribution in [0.4, 0.5) is 36.4 Å². The van der Waals surface area contributed by atoms with Gasteiger partial charge in [0.15, 0.2) is 5.82 Å². The van der Waals surface area contributed by atoms with Gasteiger partial charge < -0.3 is 15.5 Å². The average molecular weight is 483 g/mol. The van der Waals surface area contributed by atoms with Gasteiger partial charge in [0.1, 0.15) is 10.8 Å². The van der Waals surface area contributed by atoms with Gasteiger partial charge in [-0.15, -0.1) is 0 Å². The Morgan fingerprint density at radius 2 is 1.97 bits per heavy atom. The fourth-order valence-corrected chi connectivity index (χ4v) is 3.85. The number of thioether (sulfide) groups is 1. The molecule has 0 amide bonds. The van der Waals surface area contributed by atoms with Crippen LogP contribution in [-0.2, 0) is 0 Å². The molecule has 1 aliphatic heterocycles. The summed E-state index contributed by atoms with van der Waals surface area (Å²) in [6.45, 7) is 6.71. The van der Waals surface area contributed by atoms with E-state index in [9.17, 15) is 13.2 Å². The van der Waals surface area contributed by atoms with Crippen molar-refractivity contribution in [1.82, 2.24) is 15.0 Å². The van der Waals surface area contributed by atoms with E-state index in [1.54, 1.807) is 19.2 Å². The number of pyridine rings is 1. The van der Waals surface area contributed by atoms with Gasteiger partial charge >= 0.3 is 6.18 Å². The zero-order chi connectivity index (χ0) is 23.1. The molecule has 0 spiro atoms. The van der Waals surface area contributed by atoms with Crippen LogP contribution in [0.1, 0.15) is 6.92 Å². The Bertz CT molecular complexity index is 1000. The van der Waals surface area contributed by atoms with E-state index in [4.69, 9.17) is 11.6 Å². The van der Waals surface area contributed by atoms with Crippen LogP contribution in [0.5, 0.6) is 0 Å². The number of nitrogens with zero attached hydrogens (tertiary/aromatic N) is 4. The molecule has 0 atom stereocenters. The van der Waals surface area contributed by atoms with Crippen molar-refractivity contribution in [2.45, 2.75) is 13.1 Å². The molecule has 2 N–H and O–H groups in total. The third-order valence-corrected chi connectivity index (χ3v) is 5.63. The fraction of sp³-hybridized carbons (Fsp3) is 0.286. The molecule has 0 aromatic carbocycles. The Morgan fingerprint density at radius 3 is 2.59 bits per heavy atom. The van der Waals surface area contributed by atoms with Crippen LogP contribution in [0, 0.1) is 0 Å². The van der Waals surface area contributed by atoms with Gasteiger partial charge in [0.2, 0.25) is 5.95 Å². The molecule has 11 heteroatoms. The predicted octanol–water partition coefficient (Wildman–Crippen LogP) is 5.81. The van der Waals surface area contributed by atoms with Crippen LogP contribution in [0.25, 0.3) is 0 Å². The lowest BCUT2D eigenvalue weighted by Gasteiger charge is -2.28. The van der Waals surface area contributed by atoms with E-state index in [0.717, 1.165) is 36.4 Å². The zero-order valence-corrected chi connectivity index (χ0v) is 18.9. The topological polar surface area (TPSA) is 66.0 Å². The van der Waals surface area contributed by atoms with Gasteiger partial charge in [-0.3, -0.25) is 0 Å². The lowest BCUT2D eigenvalue weighted by molar-refractivity contribution is -0.0878. The van der Waals surface area contributed by atoms with Crippen molar-refractivity contribution in [2.24, 2.45) is 0 Å². The second-order valence-electron chi connectivity index (χ2n) is 6.76. The molecule has 1 saturated heterocycles. The molecule has 3 rings (SSSR count). The van der Waals surface area contributed by atoms with Crippen LogP contribution in [0.2, 0.25) is 5.02 Å². The highest BCUT2D eigenvalue weighted by Crippen LogP contribution is 2.28. The van der Waals surface area contributed by atoms with E-state index < -0.39 is 11.7 Å². The summed E-state index contributed by atoms with van der Waals surface area (Å²) in [4.78, 5) is 15.1. The van der Waals surface area contributed by atoms with Crippen molar-refractivity contribution in [3.8, 4) is 0 Å². The second-order valence-corrected chi connectivity index (χ2v) is 8.40. The molecule has 32 heavy (non-hydrogen) atoms. The average Bonchev–Trinajstić information content (AvgIpc) is 2.76. The Labute approximate surface area is 193 Å². The third-order valence-electron chi connectivity index (χ3n) is 4.41. The zero-order valence-electron chi connectivity index (χ0n) is 17.3. The van der Waals surface area contributed by atoms with Gasteiger partial charge in [0.25, 0.3) is 0 Å². The van der Waals surface area contributed by atoms with Crippen molar-refractivity contribution in [1.29, 1.82) is 0 Å². The maximum absolute atomic E-state index is 12.9. The van der Waals surface area contributed by atoms with Gasteiger partial charge in [0.05, 0.1) is 23.7 Å². The van der Waals surface area contributed by atoms with Crippen molar-refractivity contribution < 1.29 is 13.2 Å². The molecule has 1 aliphatic rings. The molecule has 2 aromatic rings. The smallest absolute Gasteiger partial charge is 0.369 e. The van der Waals surface area contributed by atoms with Gasteiger partial charge in [-0.05, 0) is 31.2 Å². The molecule has 170 valence electrons. The first-order valence-electron chi connectivity index (χ1n) is 9.72. The Hall–Kier alpha value is -2.72. The standard InChI is InChI=1S/C21H22ClF3N6S/c1-3-4-15(11-14(2)21(23,24)25)28-19-17(22)13-27-20(30-19)29-18-6-5-16(12-26-18)31-7-9-32-10-8-31/h3-6,11-13H,2,7-10H2,1H3,(H2,26,27,28,29,30)/b4-3-,15-11+. The first-order valence-corrected chi connectivity index (χ1v) is 11.3. The lowest BCUT2D eigenvalue weighted by atomic mass is 10.2. The highest BCUT2D eigenvalue weighted by molar-refractivity contribution is 7.99. The molecular weight excluding hydrogens is 461 g/mol. The number of alkyl halides is 3. The van der Waals surface area contributed by atoms with E-state index in [-0.39, 0.29) is 22.5 Å². The summed E-state index contributed by atoms with van der Waals surface area (Å²) in [5.74, 6) is 3.05. The number of allylic oxidation sites excluding steroid dienone is 4. The van der Waals surface area contributed by atoms with Crippen molar-refractivity contribution in [3.63, 3.8) is 0 Å². The van der Waals surface area contributed by atoms with E-state index in [1.807, 2.05) is 23.9 Å². The van der Waals surface area contributed by atoms with Crippen LogP contribution in [-0.4, -0.2) is 45.7 Å². The summed E-state index contributed by atoms with van der Waals surface area (Å²) < 4.78 is 38.6. The number of anilines is 4. The van der Waals surface area contributed by atoms with Crippen LogP contribution in [0.3, 0.4) is 0 Å². The number of nitrogens with one attached hydrogen (secondary N) is 2. The minimum absolute atomic E-state index is 0.128. The Morgan fingerprint density at radius 1 is 1.22 bits per heavy atom. The summed E-state index contributed by atoms with van der Waals surface area (Å²) >= 11 is 8.08. The fourth-order valence-electron chi connectivity index (χ4n) is 2.81. The van der Waals surface area contributed by atoms with Crippen LogP contribution in [0.15, 0.2) is 60.6 Å². The van der Waals surface area contributed by atoms with E-state index >= 15 is 0 Å². The predicted molar refractivity (Wildman–Crippen MR) is 126 cm³/mol. The SMILES string of the molecule is C=C(/C=C(\C=C/C)Nc1nc(Nc2ccc(N3CCSCC3)cn2)ncc1Cl)C(F)(F)F. The normalized spacial score (nSPS) is 15.2. The van der Waals surface area contributed by atoms with Gasteiger partial charge in [-0.1, -0.05) is 24.3 Å². The van der Waals surface area contributed by atoms with Crippen LogP contribution >= 0.6 is 23.4 Å². The Balaban J connectivity index is 1.74. The molecule has 0 bridgehead atoms. The number of aromatic nitrogens is 3. The van der Waals surface area contributed by atoms with Gasteiger partial charge in [-0.25, -0.2) is 9.97 Å². The summed E-state index contributed by atoms with van der Waals surface area (Å²) in [6.07, 6.45) is 2.52. The lowest BCUT2D eigenvalue weighted by Crippen LogP contribution is -2.32. The first-order chi connectivity index (χ1) is 15.3. The Kier molecular flexibility index (Phi) is 8.03. The van der Waals surface area contributed by atoms with Crippen LogP contribution < -0.4 is 15.5 Å². The highest BCUT2D eigenvalue weighted by atomic mass is 35.5. The molecule has 0 aliphatic carbocycles. The molecule has 1 fully saturated rings. The summed E-state index contributed by atoms with van der Waals surface area (Å²) in [6, 6.07) is 3.79. The maximum atomic E-state index is 12.9. The van der Waals surface area contributed by atoms with Crippen molar-refractivity contribution in [3.05, 3.63) is 65.6 Å². The number of hydrogen-bond donors (Lipinski definition) is 2. The molecule has 0 radical (unpaired) electrons. The molecule has 6 nitrogen and oxygen atoms in total. The monoisotopic (exact) mass is 482 g/mol. The minimum atomic E-state index is -4.54. The highest BCUT2D eigenvalue weighted by Gasteiger charge is 2.30. The molecule has 0 saturated carbocycles. The second kappa shape index (κ2) is 10.7. The quantitative estimate of drug-likeness (QED) is 0.482. The molecule has 0 unspecified atom stereocenters. The van der Waals surface area contributed by atoms with E-state index in [2.05, 4.69) is 37.1 Å². The summed E-state index contributed by atoms with van der Waals surface area (Å²) in [5, 5.41) is 5.92. The maximum Gasteiger partial charge on any atom is 0.415 e. The summed E-state index contributed by atoms with van der Waals surface area (Å²) in [7, 11) is 0. The largest absolute Gasteiger partial charge is 0.415 e. The van der Waals surface area contributed by atoms with Crippen molar-refractivity contribution in [2.75, 3.05) is 40.1 Å².